The lowest BCUT2D eigenvalue weighted by atomic mass is 9.77. The number of aliphatic carboxylic acids is 1. The van der Waals surface area contributed by atoms with E-state index < -0.39 is 21.7 Å². The highest BCUT2D eigenvalue weighted by molar-refractivity contribution is 7.91. The van der Waals surface area contributed by atoms with Gasteiger partial charge in [0.05, 0.1) is 9.79 Å². The zero-order valence-electron chi connectivity index (χ0n) is 21.5. The molecule has 206 valence electrons. The molecule has 0 unspecified atom stereocenters. The number of amides is 1. The van der Waals surface area contributed by atoms with Crippen molar-refractivity contribution in [3.05, 3.63) is 90.3 Å². The summed E-state index contributed by atoms with van der Waals surface area (Å²) in [5.74, 6) is -0.903. The third kappa shape index (κ3) is 6.37. The predicted octanol–water partition coefficient (Wildman–Crippen LogP) is 5.65. The summed E-state index contributed by atoms with van der Waals surface area (Å²) in [7, 11) is -3.63. The van der Waals surface area contributed by atoms with Gasteiger partial charge in [0.25, 0.3) is 0 Å². The predicted molar refractivity (Wildman–Crippen MR) is 147 cm³/mol. The summed E-state index contributed by atoms with van der Waals surface area (Å²) in [6, 6.07) is 21.8. The van der Waals surface area contributed by atoms with Crippen LogP contribution in [-0.4, -0.2) is 35.6 Å². The van der Waals surface area contributed by atoms with E-state index in [-0.39, 0.29) is 34.0 Å². The van der Waals surface area contributed by atoms with Gasteiger partial charge in [-0.25, -0.2) is 8.42 Å². The Morgan fingerprint density at radius 1 is 0.825 bits per heavy atom. The largest absolute Gasteiger partial charge is 0.481 e. The summed E-state index contributed by atoms with van der Waals surface area (Å²) in [5.41, 5.74) is 2.25. The molecule has 0 aliphatic heterocycles. The van der Waals surface area contributed by atoms with Gasteiger partial charge < -0.3 is 20.2 Å². The Kier molecular flexibility index (Phi) is 7.92. The Hall–Kier alpha value is -4.51. The van der Waals surface area contributed by atoms with Crippen LogP contribution in [0.15, 0.2) is 93.1 Å². The summed E-state index contributed by atoms with van der Waals surface area (Å²) >= 11 is 0. The van der Waals surface area contributed by atoms with E-state index in [1.54, 1.807) is 30.3 Å². The summed E-state index contributed by atoms with van der Waals surface area (Å²) in [4.78, 5) is 23.9. The van der Waals surface area contributed by atoms with Crippen molar-refractivity contribution in [2.24, 2.45) is 5.92 Å². The molecule has 1 saturated carbocycles. The number of aromatic nitrogens is 2. The number of carboxylic acids is 1. The molecular weight excluding hydrogens is 532 g/mol. The molecule has 1 aromatic heterocycles. The molecule has 0 saturated heterocycles. The molecule has 1 aliphatic carbocycles. The van der Waals surface area contributed by atoms with E-state index in [9.17, 15) is 18.0 Å². The smallest absolute Gasteiger partial charge is 0.320 e. The number of rotatable bonds is 9. The zero-order chi connectivity index (χ0) is 28.1. The molecule has 10 nitrogen and oxygen atoms in total. The lowest BCUT2D eigenvalue weighted by Gasteiger charge is -2.28. The number of sulfone groups is 1. The molecule has 3 N–H and O–H groups in total. The standard InChI is InChI=1S/C29H28N4O6S/c34-26(35)18-19-6-8-20(9-7-19)21-10-12-22(13-11-21)30-27(36)28-32-33-29(39-28)31-23-14-16-25(17-15-23)40(37,38)24-4-2-1-3-5-24/h1-5,10-17,19-20H,6-9,18H2,(H,30,36)(H,31,33)(H,34,35)/t19-,20-. The molecule has 11 heteroatoms. The minimum Gasteiger partial charge on any atom is -0.481 e. The topological polar surface area (TPSA) is 151 Å². The molecule has 0 radical (unpaired) electrons. The molecule has 3 aromatic carbocycles. The van der Waals surface area contributed by atoms with Crippen LogP contribution in [0.25, 0.3) is 0 Å². The Morgan fingerprint density at radius 2 is 1.45 bits per heavy atom. The minimum absolute atomic E-state index is 0.0161. The number of nitrogens with one attached hydrogen (secondary N) is 2. The van der Waals surface area contributed by atoms with Crippen LogP contribution in [0.4, 0.5) is 17.4 Å². The molecule has 4 aromatic rings. The summed E-state index contributed by atoms with van der Waals surface area (Å²) in [6.07, 6.45) is 3.94. The maximum absolute atomic E-state index is 12.8. The molecule has 0 spiro atoms. The molecule has 40 heavy (non-hydrogen) atoms. The Balaban J connectivity index is 1.15. The molecule has 1 heterocycles. The van der Waals surface area contributed by atoms with Gasteiger partial charge in [-0.05, 0) is 91.6 Å². The van der Waals surface area contributed by atoms with Crippen molar-refractivity contribution >= 4 is 39.1 Å². The van der Waals surface area contributed by atoms with Crippen molar-refractivity contribution < 1.29 is 27.5 Å². The fraction of sp³-hybridized carbons (Fsp3) is 0.241. The Labute approximate surface area is 231 Å². The number of carboxylic acid groups (broad SMARTS) is 1. The Bertz CT molecular complexity index is 1580. The van der Waals surface area contributed by atoms with Crippen molar-refractivity contribution in [1.82, 2.24) is 10.2 Å². The maximum atomic E-state index is 12.8. The van der Waals surface area contributed by atoms with E-state index in [2.05, 4.69) is 20.8 Å². The molecule has 1 fully saturated rings. The van der Waals surface area contributed by atoms with Gasteiger partial charge in [-0.1, -0.05) is 35.4 Å². The van der Waals surface area contributed by atoms with Gasteiger partial charge in [-0.3, -0.25) is 9.59 Å². The second-order valence-corrected chi connectivity index (χ2v) is 11.7. The van der Waals surface area contributed by atoms with E-state index in [1.165, 1.54) is 29.8 Å². The summed E-state index contributed by atoms with van der Waals surface area (Å²) in [6.45, 7) is 0. The van der Waals surface area contributed by atoms with E-state index in [1.807, 2.05) is 24.3 Å². The molecular formula is C29H28N4O6S. The normalized spacial score (nSPS) is 17.2. The van der Waals surface area contributed by atoms with E-state index >= 15 is 0 Å². The highest BCUT2D eigenvalue weighted by Crippen LogP contribution is 2.37. The molecule has 1 aliphatic rings. The molecule has 0 bridgehead atoms. The summed E-state index contributed by atoms with van der Waals surface area (Å²) in [5, 5.41) is 22.2. The van der Waals surface area contributed by atoms with Crippen molar-refractivity contribution in [3.63, 3.8) is 0 Å². The second-order valence-electron chi connectivity index (χ2n) is 9.77. The average molecular weight is 561 g/mol. The van der Waals surface area contributed by atoms with Gasteiger partial charge in [-0.15, -0.1) is 5.10 Å². The van der Waals surface area contributed by atoms with Crippen LogP contribution in [-0.2, 0) is 14.6 Å². The van der Waals surface area contributed by atoms with Gasteiger partial charge in [0.2, 0.25) is 9.84 Å². The van der Waals surface area contributed by atoms with E-state index in [4.69, 9.17) is 9.52 Å². The van der Waals surface area contributed by atoms with Crippen LogP contribution in [0, 0.1) is 5.92 Å². The van der Waals surface area contributed by atoms with Gasteiger partial charge in [0.15, 0.2) is 0 Å². The first-order valence-corrected chi connectivity index (χ1v) is 14.4. The number of carbonyl (C=O) groups excluding carboxylic acids is 1. The number of nitrogens with zero attached hydrogens (tertiary/aromatic N) is 2. The first kappa shape index (κ1) is 27.1. The monoisotopic (exact) mass is 560 g/mol. The van der Waals surface area contributed by atoms with Crippen LogP contribution in [0.1, 0.15) is 54.3 Å². The first-order chi connectivity index (χ1) is 19.3. The van der Waals surface area contributed by atoms with Crippen molar-refractivity contribution in [2.45, 2.75) is 47.8 Å². The van der Waals surface area contributed by atoms with Crippen molar-refractivity contribution in [3.8, 4) is 0 Å². The number of anilines is 3. The van der Waals surface area contributed by atoms with Gasteiger partial charge in [0.1, 0.15) is 0 Å². The molecule has 1 amide bonds. The number of carbonyl (C=O) groups is 2. The van der Waals surface area contributed by atoms with Crippen LogP contribution in [0.2, 0.25) is 0 Å². The third-order valence-electron chi connectivity index (χ3n) is 7.04. The number of hydrogen-bond acceptors (Lipinski definition) is 8. The lowest BCUT2D eigenvalue weighted by molar-refractivity contribution is -0.138. The maximum Gasteiger partial charge on any atom is 0.320 e. The third-order valence-corrected chi connectivity index (χ3v) is 8.82. The average Bonchev–Trinajstić information content (AvgIpc) is 3.43. The Morgan fingerprint density at radius 3 is 2.10 bits per heavy atom. The van der Waals surface area contributed by atoms with Gasteiger partial charge in [-0.2, -0.15) is 0 Å². The van der Waals surface area contributed by atoms with Crippen LogP contribution < -0.4 is 10.6 Å². The lowest BCUT2D eigenvalue weighted by Crippen LogP contribution is -2.16. The van der Waals surface area contributed by atoms with Crippen molar-refractivity contribution in [2.75, 3.05) is 10.6 Å². The fourth-order valence-corrected chi connectivity index (χ4v) is 6.19. The SMILES string of the molecule is O=C(O)C[C@H]1CC[C@H](c2ccc(NC(=O)c3nnc(Nc4ccc(S(=O)(=O)c5ccccc5)cc4)o3)cc2)CC1. The summed E-state index contributed by atoms with van der Waals surface area (Å²) < 4.78 is 30.9. The minimum atomic E-state index is -3.63. The van der Waals surface area contributed by atoms with E-state index in [0.29, 0.717) is 17.3 Å². The first-order valence-electron chi connectivity index (χ1n) is 12.9. The number of benzene rings is 3. The fourth-order valence-electron chi connectivity index (χ4n) is 4.91. The molecule has 0 atom stereocenters. The highest BCUT2D eigenvalue weighted by Gasteiger charge is 2.24. The van der Waals surface area contributed by atoms with E-state index in [0.717, 1.165) is 25.7 Å². The molecule has 5 rings (SSSR count). The zero-order valence-corrected chi connectivity index (χ0v) is 22.3. The van der Waals surface area contributed by atoms with Crippen molar-refractivity contribution in [1.29, 1.82) is 0 Å². The van der Waals surface area contributed by atoms with Gasteiger partial charge >= 0.3 is 23.8 Å². The van der Waals surface area contributed by atoms with Crippen LogP contribution >= 0.6 is 0 Å². The number of hydrogen-bond donors (Lipinski definition) is 3. The quantitative estimate of drug-likeness (QED) is 0.236. The van der Waals surface area contributed by atoms with Crippen LogP contribution in [0.3, 0.4) is 0 Å². The van der Waals surface area contributed by atoms with Crippen LogP contribution in [0.5, 0.6) is 0 Å². The van der Waals surface area contributed by atoms with Gasteiger partial charge in [0, 0.05) is 17.8 Å². The highest BCUT2D eigenvalue weighted by atomic mass is 32.2. The second kappa shape index (κ2) is 11.7.